The molecule has 1 N–H and O–H groups in total. The van der Waals surface area contributed by atoms with Crippen LogP contribution in [0.25, 0.3) is 0 Å². The van der Waals surface area contributed by atoms with Gasteiger partial charge in [0.2, 0.25) is 0 Å². The molecule has 1 aromatic carbocycles. The summed E-state index contributed by atoms with van der Waals surface area (Å²) in [4.78, 5) is 4.21. The minimum Gasteiger partial charge on any atom is -0.384 e. The molecule has 1 aromatic heterocycles. The van der Waals surface area contributed by atoms with E-state index in [4.69, 9.17) is 0 Å². The number of aromatic nitrogens is 1. The molecule has 0 radical (unpaired) electrons. The normalized spacial score (nSPS) is 12.4. The van der Waals surface area contributed by atoms with Crippen molar-refractivity contribution >= 4 is 22.6 Å². The molecule has 0 amide bonds. The van der Waals surface area contributed by atoms with Crippen LogP contribution in [0, 0.1) is 10.6 Å². The third-order valence-electron chi connectivity index (χ3n) is 2.53. The summed E-state index contributed by atoms with van der Waals surface area (Å²) in [7, 11) is 0. The number of nitrogens with zero attached hydrogens (tertiary/aromatic N) is 1. The van der Waals surface area contributed by atoms with E-state index >= 15 is 0 Å². The molecule has 0 bridgehead atoms. The van der Waals surface area contributed by atoms with Crippen LogP contribution in [0.1, 0.15) is 22.8 Å². The maximum atomic E-state index is 10.2. The molecule has 2 nitrogen and oxygen atoms in total. The van der Waals surface area contributed by atoms with E-state index in [-0.39, 0.29) is 0 Å². The molecular weight excluding hydrogens is 313 g/mol. The zero-order valence-corrected chi connectivity index (χ0v) is 11.0. The molecule has 0 fully saturated rings. The number of aliphatic hydroxyl groups excluding tert-OH is 1. The van der Waals surface area contributed by atoms with Gasteiger partial charge in [-0.3, -0.25) is 0 Å². The molecule has 1 atom stereocenters. The van der Waals surface area contributed by atoms with Crippen LogP contribution in [0.2, 0.25) is 0 Å². The highest BCUT2D eigenvalue weighted by Crippen LogP contribution is 2.24. The lowest BCUT2D eigenvalue weighted by Crippen LogP contribution is -2.03. The van der Waals surface area contributed by atoms with Crippen LogP contribution < -0.4 is 0 Å². The van der Waals surface area contributed by atoms with Crippen molar-refractivity contribution in [3.8, 4) is 0 Å². The number of halogens is 1. The Kier molecular flexibility index (Phi) is 3.56. The summed E-state index contributed by atoms with van der Waals surface area (Å²) in [5, 5.41) is 10.2. The Morgan fingerprint density at radius 1 is 1.25 bits per heavy atom. The first-order valence-corrected chi connectivity index (χ1v) is 6.11. The molecule has 1 heterocycles. The summed E-state index contributed by atoms with van der Waals surface area (Å²) in [5.74, 6) is 0. The van der Waals surface area contributed by atoms with Crippen LogP contribution >= 0.6 is 22.6 Å². The van der Waals surface area contributed by atoms with Gasteiger partial charge in [-0.15, -0.1) is 0 Å². The fraction of sp³-hybridized carbons (Fsp3) is 0.154. The van der Waals surface area contributed by atoms with E-state index in [1.54, 1.807) is 6.20 Å². The number of aliphatic hydroxyl groups is 1. The van der Waals surface area contributed by atoms with Gasteiger partial charge in [-0.05, 0) is 46.7 Å². The number of benzene rings is 1. The first kappa shape index (κ1) is 11.5. The van der Waals surface area contributed by atoms with Gasteiger partial charge in [0.15, 0.2) is 0 Å². The highest BCUT2D eigenvalue weighted by molar-refractivity contribution is 14.1. The van der Waals surface area contributed by atoms with Gasteiger partial charge in [0, 0.05) is 11.8 Å². The summed E-state index contributed by atoms with van der Waals surface area (Å²) in [6.07, 6.45) is 1.15. The van der Waals surface area contributed by atoms with Gasteiger partial charge in [0.1, 0.15) is 9.80 Å². The largest absolute Gasteiger partial charge is 0.384 e. The monoisotopic (exact) mass is 325 g/mol. The summed E-state index contributed by atoms with van der Waals surface area (Å²) in [6, 6.07) is 11.6. The average molecular weight is 325 g/mol. The van der Waals surface area contributed by atoms with Crippen LogP contribution in [0.4, 0.5) is 0 Å². The van der Waals surface area contributed by atoms with E-state index in [1.807, 2.05) is 43.3 Å². The number of aryl methyl sites for hydroxylation is 1. The lowest BCUT2D eigenvalue weighted by Gasteiger charge is -2.13. The average Bonchev–Trinajstić information content (AvgIpc) is 2.29. The predicted molar refractivity (Wildman–Crippen MR) is 72.2 cm³/mol. The Morgan fingerprint density at radius 2 is 1.94 bits per heavy atom. The van der Waals surface area contributed by atoms with E-state index in [0.29, 0.717) is 0 Å². The van der Waals surface area contributed by atoms with Crippen molar-refractivity contribution in [2.45, 2.75) is 13.0 Å². The van der Waals surface area contributed by atoms with Crippen LogP contribution in [0.3, 0.4) is 0 Å². The van der Waals surface area contributed by atoms with Crippen molar-refractivity contribution in [2.24, 2.45) is 0 Å². The third-order valence-corrected chi connectivity index (χ3v) is 3.12. The predicted octanol–water partition coefficient (Wildman–Crippen LogP) is 3.08. The fourth-order valence-electron chi connectivity index (χ4n) is 1.63. The topological polar surface area (TPSA) is 33.1 Å². The molecule has 0 saturated heterocycles. The van der Waals surface area contributed by atoms with E-state index in [2.05, 4.69) is 27.6 Å². The molecule has 0 aliphatic heterocycles. The lowest BCUT2D eigenvalue weighted by molar-refractivity contribution is 0.219. The summed E-state index contributed by atoms with van der Waals surface area (Å²) >= 11 is 2.17. The zero-order valence-electron chi connectivity index (χ0n) is 8.89. The van der Waals surface area contributed by atoms with E-state index in [0.717, 1.165) is 20.4 Å². The molecule has 0 unspecified atom stereocenters. The van der Waals surface area contributed by atoms with Gasteiger partial charge < -0.3 is 5.11 Å². The van der Waals surface area contributed by atoms with E-state index in [9.17, 15) is 5.11 Å². The van der Waals surface area contributed by atoms with Crippen molar-refractivity contribution in [3.05, 3.63) is 63.0 Å². The van der Waals surface area contributed by atoms with Gasteiger partial charge in [0.25, 0.3) is 0 Å². The minimum atomic E-state index is -0.592. The lowest BCUT2D eigenvalue weighted by atomic mass is 10.00. The number of rotatable bonds is 2. The SMILES string of the molecule is Cc1cc(I)ncc1[C@@H](O)c1ccccc1. The van der Waals surface area contributed by atoms with Crippen molar-refractivity contribution in [1.82, 2.24) is 4.98 Å². The van der Waals surface area contributed by atoms with Crippen LogP contribution in [0.15, 0.2) is 42.6 Å². The van der Waals surface area contributed by atoms with Gasteiger partial charge in [-0.2, -0.15) is 0 Å². The fourth-order valence-corrected chi connectivity index (χ4v) is 2.24. The van der Waals surface area contributed by atoms with E-state index in [1.165, 1.54) is 0 Å². The Labute approximate surface area is 108 Å². The standard InChI is InChI=1S/C13H12INO/c1-9-7-12(14)15-8-11(9)13(16)10-5-3-2-4-6-10/h2-8,13,16H,1H3/t13-/m0/s1. The van der Waals surface area contributed by atoms with Gasteiger partial charge >= 0.3 is 0 Å². The molecule has 3 heteroatoms. The molecule has 0 aliphatic rings. The quantitative estimate of drug-likeness (QED) is 0.680. The number of pyridine rings is 1. The van der Waals surface area contributed by atoms with Crippen LogP contribution in [-0.4, -0.2) is 10.1 Å². The maximum Gasteiger partial charge on any atom is 0.106 e. The van der Waals surface area contributed by atoms with Crippen LogP contribution in [-0.2, 0) is 0 Å². The maximum absolute atomic E-state index is 10.2. The van der Waals surface area contributed by atoms with Crippen molar-refractivity contribution in [2.75, 3.05) is 0 Å². The second-order valence-electron chi connectivity index (χ2n) is 3.68. The van der Waals surface area contributed by atoms with Crippen molar-refractivity contribution in [1.29, 1.82) is 0 Å². The molecule has 0 saturated carbocycles. The Hall–Kier alpha value is -0.940. The highest BCUT2D eigenvalue weighted by Gasteiger charge is 2.12. The minimum absolute atomic E-state index is 0.592. The zero-order chi connectivity index (χ0) is 11.5. The molecule has 2 rings (SSSR count). The smallest absolute Gasteiger partial charge is 0.106 e. The van der Waals surface area contributed by atoms with E-state index < -0.39 is 6.10 Å². The number of hydrogen-bond acceptors (Lipinski definition) is 2. The first-order valence-electron chi connectivity index (χ1n) is 5.03. The van der Waals surface area contributed by atoms with Crippen LogP contribution in [0.5, 0.6) is 0 Å². The Morgan fingerprint density at radius 3 is 2.56 bits per heavy atom. The van der Waals surface area contributed by atoms with Crippen molar-refractivity contribution in [3.63, 3.8) is 0 Å². The van der Waals surface area contributed by atoms with Crippen molar-refractivity contribution < 1.29 is 5.11 Å². The third kappa shape index (κ3) is 2.41. The Bertz CT molecular complexity index is 485. The molecular formula is C13H12INO. The summed E-state index contributed by atoms with van der Waals surface area (Å²) in [6.45, 7) is 1.99. The molecule has 0 aliphatic carbocycles. The van der Waals surface area contributed by atoms with Gasteiger partial charge in [-0.25, -0.2) is 4.98 Å². The second-order valence-corrected chi connectivity index (χ2v) is 4.78. The second kappa shape index (κ2) is 4.93. The molecule has 16 heavy (non-hydrogen) atoms. The van der Waals surface area contributed by atoms with Gasteiger partial charge in [-0.1, -0.05) is 30.3 Å². The molecule has 82 valence electrons. The Balaban J connectivity index is 2.38. The molecule has 0 spiro atoms. The summed E-state index contributed by atoms with van der Waals surface area (Å²) in [5.41, 5.74) is 2.83. The highest BCUT2D eigenvalue weighted by atomic mass is 127. The molecule has 2 aromatic rings. The van der Waals surface area contributed by atoms with Gasteiger partial charge in [0.05, 0.1) is 0 Å². The first-order chi connectivity index (χ1) is 7.68. The summed E-state index contributed by atoms with van der Waals surface area (Å²) < 4.78 is 0.944. The number of hydrogen-bond donors (Lipinski definition) is 1.